The lowest BCUT2D eigenvalue weighted by molar-refractivity contribution is -0.154. The lowest BCUT2D eigenvalue weighted by Crippen LogP contribution is -2.29. The molecule has 0 aliphatic carbocycles. The Morgan fingerprint density at radius 2 is 1.79 bits per heavy atom. The van der Waals surface area contributed by atoms with E-state index in [9.17, 15) is 14.4 Å². The largest absolute Gasteiger partial charge is 0.460 e. The zero-order valence-corrected chi connectivity index (χ0v) is 13.0. The van der Waals surface area contributed by atoms with Gasteiger partial charge in [-0.1, -0.05) is 46.9 Å². The molecule has 1 rings (SSSR count). The summed E-state index contributed by atoms with van der Waals surface area (Å²) < 4.78 is 5.46. The lowest BCUT2D eigenvalue weighted by atomic mass is 9.95. The Bertz CT molecular complexity index is 479. The molecule has 4 nitrogen and oxygen atoms in total. The Hall–Kier alpha value is -1.24. The second-order valence-electron chi connectivity index (χ2n) is 4.00. The molecule has 0 radical (unpaired) electrons. The summed E-state index contributed by atoms with van der Waals surface area (Å²) in [5, 5.41) is 0. The average molecular weight is 374 g/mol. The molecule has 0 amide bonds. The molecule has 19 heavy (non-hydrogen) atoms. The smallest absolute Gasteiger partial charge is 0.375 e. The highest BCUT2D eigenvalue weighted by molar-refractivity contribution is 14.1. The first-order valence-electron chi connectivity index (χ1n) is 5.91. The van der Waals surface area contributed by atoms with Crippen LogP contribution in [-0.2, 0) is 18.8 Å². The van der Waals surface area contributed by atoms with Gasteiger partial charge in [0.2, 0.25) is 0 Å². The third-order valence-corrected chi connectivity index (χ3v) is 3.54. The van der Waals surface area contributed by atoms with E-state index in [1.165, 1.54) is 6.92 Å². The maximum atomic E-state index is 12.1. The minimum Gasteiger partial charge on any atom is -0.460 e. The Labute approximate surface area is 125 Å². The highest BCUT2D eigenvalue weighted by atomic mass is 127. The molecule has 0 bridgehead atoms. The Morgan fingerprint density at radius 3 is 2.26 bits per heavy atom. The van der Waals surface area contributed by atoms with E-state index in [0.29, 0.717) is 5.56 Å². The number of benzene rings is 1. The van der Waals surface area contributed by atoms with Crippen molar-refractivity contribution < 1.29 is 19.1 Å². The molecule has 0 spiro atoms. The van der Waals surface area contributed by atoms with E-state index in [4.69, 9.17) is 0 Å². The number of carbonyl (C=O) groups is 3. The molecule has 0 heterocycles. The molecule has 0 aliphatic heterocycles. The fourth-order valence-corrected chi connectivity index (χ4v) is 2.01. The first kappa shape index (κ1) is 15.8. The van der Waals surface area contributed by atoms with Gasteiger partial charge in [0, 0.05) is 9.99 Å². The number of ketones is 2. The number of halogens is 1. The maximum absolute atomic E-state index is 12.1. The minimum absolute atomic E-state index is 0.121. The number of rotatable bonds is 6. The van der Waals surface area contributed by atoms with Crippen LogP contribution in [0.25, 0.3) is 0 Å². The van der Waals surface area contributed by atoms with Gasteiger partial charge in [-0.2, -0.15) is 0 Å². The second-order valence-corrected chi connectivity index (χ2v) is 4.76. The van der Waals surface area contributed by atoms with Gasteiger partial charge in [-0.05, 0) is 19.4 Å². The van der Waals surface area contributed by atoms with Gasteiger partial charge in [0.25, 0.3) is 5.78 Å². The molecule has 5 heteroatoms. The minimum atomic E-state index is -1.01. The molecule has 102 valence electrons. The van der Waals surface area contributed by atoms with Crippen LogP contribution in [0, 0.1) is 5.92 Å². The van der Waals surface area contributed by atoms with Gasteiger partial charge in [0.1, 0.15) is 0 Å². The number of ether oxygens (including phenoxy) is 1. The monoisotopic (exact) mass is 374 g/mol. The molecule has 1 aromatic carbocycles. The van der Waals surface area contributed by atoms with Crippen molar-refractivity contribution in [2.45, 2.75) is 18.3 Å². The predicted octanol–water partition coefficient (Wildman–Crippen LogP) is 2.57. The number of alkyl halides is 1. The van der Waals surface area contributed by atoms with Crippen molar-refractivity contribution in [1.29, 1.82) is 0 Å². The highest BCUT2D eigenvalue weighted by Gasteiger charge is 2.29. The molecule has 0 fully saturated rings. The van der Waals surface area contributed by atoms with Crippen molar-refractivity contribution in [3.63, 3.8) is 0 Å². The van der Waals surface area contributed by atoms with Crippen molar-refractivity contribution in [2.75, 3.05) is 6.61 Å². The van der Waals surface area contributed by atoms with Crippen LogP contribution >= 0.6 is 22.6 Å². The first-order chi connectivity index (χ1) is 9.01. The summed E-state index contributed by atoms with van der Waals surface area (Å²) >= 11 is 2.22. The van der Waals surface area contributed by atoms with Gasteiger partial charge in [0.05, 0.1) is 12.5 Å². The van der Waals surface area contributed by atoms with E-state index >= 15 is 0 Å². The van der Waals surface area contributed by atoms with Crippen LogP contribution in [0.15, 0.2) is 24.3 Å². The molecule has 0 saturated heterocycles. The van der Waals surface area contributed by atoms with E-state index < -0.39 is 17.7 Å². The molecule has 1 unspecified atom stereocenters. The van der Waals surface area contributed by atoms with Crippen molar-refractivity contribution in [3.8, 4) is 0 Å². The molecular formula is C14H15IO4. The van der Waals surface area contributed by atoms with Crippen LogP contribution < -0.4 is 0 Å². The van der Waals surface area contributed by atoms with E-state index in [0.717, 1.165) is 9.99 Å². The molecule has 1 atom stereocenters. The quantitative estimate of drug-likeness (QED) is 0.192. The molecule has 1 aromatic rings. The van der Waals surface area contributed by atoms with Gasteiger partial charge in [-0.15, -0.1) is 0 Å². The van der Waals surface area contributed by atoms with Crippen LogP contribution in [0.1, 0.15) is 29.8 Å². The zero-order chi connectivity index (χ0) is 14.4. The van der Waals surface area contributed by atoms with Crippen LogP contribution in [0.2, 0.25) is 0 Å². The van der Waals surface area contributed by atoms with Crippen molar-refractivity contribution in [1.82, 2.24) is 0 Å². The Kier molecular flexibility index (Phi) is 6.14. The van der Waals surface area contributed by atoms with Gasteiger partial charge in [-0.3, -0.25) is 9.59 Å². The maximum Gasteiger partial charge on any atom is 0.375 e. The summed E-state index contributed by atoms with van der Waals surface area (Å²) in [6, 6.07) is 7.01. The standard InChI is InChI=1S/C14H15IO4/c1-3-19-14(18)13(17)9(2)12(16)11-6-4-10(8-15)5-7-11/h4-7,9H,3,8H2,1-2H3. The van der Waals surface area contributed by atoms with E-state index in [1.54, 1.807) is 19.1 Å². The van der Waals surface area contributed by atoms with Gasteiger partial charge < -0.3 is 4.74 Å². The summed E-state index contributed by atoms with van der Waals surface area (Å²) in [4.78, 5) is 35.0. The lowest BCUT2D eigenvalue weighted by Gasteiger charge is -2.09. The number of hydrogen-bond donors (Lipinski definition) is 0. The van der Waals surface area contributed by atoms with E-state index in [-0.39, 0.29) is 12.4 Å². The van der Waals surface area contributed by atoms with Crippen molar-refractivity contribution >= 4 is 40.1 Å². The Balaban J connectivity index is 2.81. The fraction of sp³-hybridized carbons (Fsp3) is 0.357. The fourth-order valence-electron chi connectivity index (χ4n) is 1.51. The number of Topliss-reactive ketones (excluding diaryl/α,β-unsaturated/α-hetero) is 2. The SMILES string of the molecule is CCOC(=O)C(=O)C(C)C(=O)c1ccc(CI)cc1. The Morgan fingerprint density at radius 1 is 1.21 bits per heavy atom. The van der Waals surface area contributed by atoms with E-state index in [1.807, 2.05) is 12.1 Å². The normalized spacial score (nSPS) is 11.7. The number of carbonyl (C=O) groups excluding carboxylic acids is 3. The average Bonchev–Trinajstić information content (AvgIpc) is 2.45. The summed E-state index contributed by atoms with van der Waals surface area (Å²) in [6.45, 7) is 3.16. The van der Waals surface area contributed by atoms with Crippen molar-refractivity contribution in [2.24, 2.45) is 5.92 Å². The molecular weight excluding hydrogens is 359 g/mol. The summed E-state index contributed by atoms with van der Waals surface area (Å²) in [5.41, 5.74) is 1.53. The molecule has 0 saturated carbocycles. The van der Waals surface area contributed by atoms with Crippen LogP contribution in [0.3, 0.4) is 0 Å². The van der Waals surface area contributed by atoms with E-state index in [2.05, 4.69) is 27.3 Å². The summed E-state index contributed by atoms with van der Waals surface area (Å²) in [7, 11) is 0. The molecule has 0 aromatic heterocycles. The van der Waals surface area contributed by atoms with Gasteiger partial charge in [-0.25, -0.2) is 4.79 Å². The first-order valence-corrected chi connectivity index (χ1v) is 7.43. The number of esters is 1. The second kappa shape index (κ2) is 7.37. The predicted molar refractivity (Wildman–Crippen MR) is 79.3 cm³/mol. The van der Waals surface area contributed by atoms with Gasteiger partial charge >= 0.3 is 5.97 Å². The zero-order valence-electron chi connectivity index (χ0n) is 10.8. The molecule has 0 N–H and O–H groups in total. The summed E-state index contributed by atoms with van der Waals surface area (Å²) in [5.74, 6) is -3.13. The van der Waals surface area contributed by atoms with Crippen LogP contribution in [0.4, 0.5) is 0 Å². The topological polar surface area (TPSA) is 60.4 Å². The van der Waals surface area contributed by atoms with Crippen molar-refractivity contribution in [3.05, 3.63) is 35.4 Å². The third-order valence-electron chi connectivity index (χ3n) is 2.66. The molecule has 0 aliphatic rings. The van der Waals surface area contributed by atoms with Crippen LogP contribution in [0.5, 0.6) is 0 Å². The highest BCUT2D eigenvalue weighted by Crippen LogP contribution is 2.13. The van der Waals surface area contributed by atoms with Crippen LogP contribution in [-0.4, -0.2) is 24.1 Å². The third kappa shape index (κ3) is 4.12. The number of hydrogen-bond acceptors (Lipinski definition) is 4. The summed E-state index contributed by atoms with van der Waals surface area (Å²) in [6.07, 6.45) is 0. The van der Waals surface area contributed by atoms with Gasteiger partial charge in [0.15, 0.2) is 5.78 Å².